The zero-order valence-corrected chi connectivity index (χ0v) is 23.4. The Kier molecular flexibility index (Phi) is 7.45. The number of rotatable bonds is 10. The number of hydrogen-bond acceptors (Lipinski definition) is 6. The summed E-state index contributed by atoms with van der Waals surface area (Å²) in [5, 5.41) is 0. The van der Waals surface area contributed by atoms with Crippen molar-refractivity contribution >= 4 is 22.3 Å². The molecule has 0 amide bonds. The Bertz CT molecular complexity index is 1850. The smallest absolute Gasteiger partial charge is 0.328 e. The first-order valence-corrected chi connectivity index (χ1v) is 12.7. The maximum absolute atomic E-state index is 13.1. The molecule has 12 nitrogen and oxygen atoms in total. The average Bonchev–Trinajstić information content (AvgIpc) is 3.44. The maximum Gasteiger partial charge on any atom is 0.332 e. The molecule has 220 valence electrons. The van der Waals surface area contributed by atoms with Gasteiger partial charge in [0, 0.05) is 46.8 Å². The number of nitrogens with zero attached hydrogens (tertiary/aromatic N) is 8. The summed E-state index contributed by atoms with van der Waals surface area (Å²) in [6.07, 6.45) is -7.44. The minimum absolute atomic E-state index is 0.0216. The topological polar surface area (TPSA) is 124 Å². The van der Waals surface area contributed by atoms with Crippen molar-refractivity contribution in [2.24, 2.45) is 28.2 Å². The predicted octanol–water partition coefficient (Wildman–Crippen LogP) is 1.92. The van der Waals surface area contributed by atoms with E-state index in [0.29, 0.717) is 0 Å². The fourth-order valence-corrected chi connectivity index (χ4v) is 4.14. The Hall–Kier alpha value is -3.84. The van der Waals surface area contributed by atoms with E-state index in [9.17, 15) is 28.0 Å². The molecule has 0 radical (unpaired) electrons. The van der Waals surface area contributed by atoms with Crippen molar-refractivity contribution in [1.82, 2.24) is 37.4 Å². The number of hydrogen-bond donors (Lipinski definition) is 0. The van der Waals surface area contributed by atoms with Crippen LogP contribution in [0.5, 0.6) is 0 Å². The van der Waals surface area contributed by atoms with Crippen LogP contribution in [0.1, 0.15) is 60.5 Å². The van der Waals surface area contributed by atoms with E-state index < -0.39 is 47.6 Å². The van der Waals surface area contributed by atoms with E-state index in [-0.39, 0.29) is 73.7 Å². The van der Waals surface area contributed by atoms with Gasteiger partial charge < -0.3 is 9.13 Å². The van der Waals surface area contributed by atoms with Gasteiger partial charge in [0.05, 0.1) is 25.0 Å². The summed E-state index contributed by atoms with van der Waals surface area (Å²) in [7, 11) is 5.93. The van der Waals surface area contributed by atoms with E-state index >= 15 is 0 Å². The summed E-state index contributed by atoms with van der Waals surface area (Å²) in [4.78, 5) is 57.2. The summed E-state index contributed by atoms with van der Waals surface area (Å²) >= 11 is 0. The molecule has 2 atom stereocenters. The molecule has 0 spiro atoms. The van der Waals surface area contributed by atoms with Gasteiger partial charge in [-0.3, -0.25) is 27.9 Å². The third-order valence-corrected chi connectivity index (χ3v) is 6.24. The lowest BCUT2D eigenvalue weighted by atomic mass is 10.2. The molecule has 0 fully saturated rings. The summed E-state index contributed by atoms with van der Waals surface area (Å²) in [5.41, 5.74) is -1.79. The molecule has 0 N–H and O–H groups in total. The van der Waals surface area contributed by atoms with E-state index in [1.165, 1.54) is 46.5 Å². The Balaban J connectivity index is 0.000000250. The van der Waals surface area contributed by atoms with Crippen molar-refractivity contribution < 1.29 is 17.0 Å². The number of fused-ring (bicyclic) bond motifs is 2. The van der Waals surface area contributed by atoms with Gasteiger partial charge in [-0.1, -0.05) is 0 Å². The summed E-state index contributed by atoms with van der Waals surface area (Å²) in [5.74, 6) is 0. The summed E-state index contributed by atoms with van der Waals surface area (Å²) in [6.45, 7) is 2.24. The molecule has 0 saturated heterocycles. The maximum atomic E-state index is 13.1. The van der Waals surface area contributed by atoms with Crippen LogP contribution >= 0.6 is 0 Å². The molecule has 0 aliphatic rings. The zero-order valence-electron chi connectivity index (χ0n) is 29.4. The van der Waals surface area contributed by atoms with E-state index in [0.717, 1.165) is 23.0 Å². The monoisotopic (exact) mass is 570 g/mol. The quantitative estimate of drug-likeness (QED) is 0.287. The van der Waals surface area contributed by atoms with Crippen LogP contribution in [0.15, 0.2) is 31.8 Å². The molecular formula is C26H38F2N8O4. The number of aromatic nitrogens is 8. The number of halogens is 2. The standard InChI is InChI=1S/2C13H19FN4O2/c2*1-9(14)6-4-5-7-18-12(19)10-11(15-8-16(10)2)17(3)13(18)20/h2*8-9H,4-7H2,1-3H3/t2*9-/m10/s1/i2*6D2,8D. The lowest BCUT2D eigenvalue weighted by Crippen LogP contribution is -2.39. The average molecular weight is 571 g/mol. The molecule has 4 aromatic heterocycles. The first-order chi connectivity index (χ1) is 21.2. The van der Waals surface area contributed by atoms with Crippen LogP contribution in [0.2, 0.25) is 0 Å². The Labute approximate surface area is 237 Å². The zero-order chi connectivity index (χ0) is 35.0. The SMILES string of the molecule is [2H]c1nc2c(c(=O)n(CCCC([2H])([2H])[C@@H](C)F)c(=O)n2C)n1C.[2H]c1nc2c(c(=O)n(CCCC([2H])([2H])[C@H](C)F)c(=O)n2C)n1C. The first kappa shape index (κ1) is 22.9. The fourth-order valence-electron chi connectivity index (χ4n) is 4.14. The molecular weight excluding hydrogens is 526 g/mol. The highest BCUT2D eigenvalue weighted by molar-refractivity contribution is 5.70. The summed E-state index contributed by atoms with van der Waals surface area (Å²) in [6, 6.07) is 0. The summed E-state index contributed by atoms with van der Waals surface area (Å²) < 4.78 is 78.7. The Morgan fingerprint density at radius 3 is 1.40 bits per heavy atom. The Morgan fingerprint density at radius 1 is 0.725 bits per heavy atom. The third-order valence-electron chi connectivity index (χ3n) is 6.24. The fraction of sp³-hybridized carbons (Fsp3) is 0.615. The molecule has 0 aliphatic heterocycles. The van der Waals surface area contributed by atoms with Crippen LogP contribution in [-0.2, 0) is 41.3 Å². The molecule has 40 heavy (non-hydrogen) atoms. The first-order valence-electron chi connectivity index (χ1n) is 15.7. The molecule has 0 aliphatic carbocycles. The van der Waals surface area contributed by atoms with Gasteiger partial charge in [0.15, 0.2) is 22.3 Å². The van der Waals surface area contributed by atoms with Crippen LogP contribution in [0.3, 0.4) is 0 Å². The van der Waals surface area contributed by atoms with Crippen LogP contribution < -0.4 is 22.5 Å². The molecule has 14 heteroatoms. The minimum atomic E-state index is -2.00. The lowest BCUT2D eigenvalue weighted by molar-refractivity contribution is 0.327. The van der Waals surface area contributed by atoms with E-state index in [1.807, 2.05) is 0 Å². The van der Waals surface area contributed by atoms with Crippen molar-refractivity contribution in [1.29, 1.82) is 0 Å². The third kappa shape index (κ3) is 6.48. The van der Waals surface area contributed by atoms with E-state index in [4.69, 9.17) is 8.22 Å². The molecule has 0 saturated carbocycles. The van der Waals surface area contributed by atoms with Crippen LogP contribution in [0.4, 0.5) is 8.78 Å². The largest absolute Gasteiger partial charge is 0.332 e. The van der Waals surface area contributed by atoms with Crippen molar-refractivity contribution in [3.63, 3.8) is 0 Å². The van der Waals surface area contributed by atoms with Gasteiger partial charge in [0.25, 0.3) is 11.1 Å². The van der Waals surface area contributed by atoms with Gasteiger partial charge >= 0.3 is 11.4 Å². The minimum Gasteiger partial charge on any atom is -0.328 e. The number of alkyl halides is 2. The van der Waals surface area contributed by atoms with Crippen molar-refractivity contribution in [3.8, 4) is 0 Å². The second-order valence-corrected chi connectivity index (χ2v) is 9.33. The second-order valence-electron chi connectivity index (χ2n) is 9.33. The van der Waals surface area contributed by atoms with Crippen LogP contribution in [0, 0.1) is 0 Å². The van der Waals surface area contributed by atoms with Crippen LogP contribution in [0.25, 0.3) is 22.3 Å². The van der Waals surface area contributed by atoms with Gasteiger partial charge in [-0.2, -0.15) is 0 Å². The van der Waals surface area contributed by atoms with Gasteiger partial charge in [-0.15, -0.1) is 0 Å². The lowest BCUT2D eigenvalue weighted by Gasteiger charge is -2.08. The molecule has 0 bridgehead atoms. The second kappa shape index (κ2) is 13.0. The highest BCUT2D eigenvalue weighted by atomic mass is 19.1. The predicted molar refractivity (Wildman–Crippen MR) is 149 cm³/mol. The molecule has 0 aromatic carbocycles. The normalized spacial score (nSPS) is 15.9. The van der Waals surface area contributed by atoms with Crippen LogP contribution in [-0.4, -0.2) is 49.7 Å². The highest BCUT2D eigenvalue weighted by Gasteiger charge is 2.15. The Morgan fingerprint density at radius 2 is 1.07 bits per heavy atom. The number of aryl methyl sites for hydroxylation is 4. The molecule has 0 unspecified atom stereocenters. The number of imidazole rings is 2. The van der Waals surface area contributed by atoms with Crippen molar-refractivity contribution in [2.75, 3.05) is 0 Å². The van der Waals surface area contributed by atoms with Gasteiger partial charge in [-0.05, 0) is 52.3 Å². The molecule has 4 rings (SSSR count). The van der Waals surface area contributed by atoms with E-state index in [2.05, 4.69) is 9.97 Å². The van der Waals surface area contributed by atoms with Crippen molar-refractivity contribution in [3.05, 3.63) is 54.3 Å². The van der Waals surface area contributed by atoms with Gasteiger partial charge in [0.1, 0.15) is 2.74 Å². The van der Waals surface area contributed by atoms with Gasteiger partial charge in [-0.25, -0.2) is 28.3 Å². The molecule has 4 heterocycles. The van der Waals surface area contributed by atoms with Gasteiger partial charge in [0.2, 0.25) is 0 Å². The van der Waals surface area contributed by atoms with Crippen molar-refractivity contribution in [2.45, 2.75) is 77.7 Å². The highest BCUT2D eigenvalue weighted by Crippen LogP contribution is 2.07. The van der Waals surface area contributed by atoms with E-state index in [1.54, 1.807) is 0 Å². The molecule has 4 aromatic rings.